The van der Waals surface area contributed by atoms with E-state index in [1.807, 2.05) is 17.5 Å². The summed E-state index contributed by atoms with van der Waals surface area (Å²) in [6, 6.07) is 12.0. The van der Waals surface area contributed by atoms with Gasteiger partial charge in [-0.2, -0.15) is 0 Å². The molecular weight excluding hydrogens is 431 g/mol. The topological polar surface area (TPSA) is 52.6 Å². The first-order valence-electron chi connectivity index (χ1n) is 8.68. The molecule has 7 heteroatoms. The van der Waals surface area contributed by atoms with Crippen LogP contribution in [0, 0.1) is 6.92 Å². The Morgan fingerprint density at radius 3 is 2.72 bits per heavy atom. The second-order valence-electron chi connectivity index (χ2n) is 6.41. The van der Waals surface area contributed by atoms with Crippen molar-refractivity contribution < 1.29 is 19.1 Å². The van der Waals surface area contributed by atoms with Crippen LogP contribution in [0.3, 0.4) is 0 Å². The molecule has 0 aliphatic carbocycles. The van der Waals surface area contributed by atoms with Gasteiger partial charge in [-0.1, -0.05) is 35.3 Å². The third-order valence-electron chi connectivity index (χ3n) is 4.40. The zero-order chi connectivity index (χ0) is 20.5. The monoisotopic (exact) mass is 444 g/mol. The lowest BCUT2D eigenvalue weighted by Crippen LogP contribution is -2.11. The van der Waals surface area contributed by atoms with Crippen molar-refractivity contribution in [2.24, 2.45) is 0 Å². The lowest BCUT2D eigenvalue weighted by atomic mass is 10.1. The molecule has 0 saturated heterocycles. The Morgan fingerprint density at radius 2 is 2.00 bits per heavy atom. The van der Waals surface area contributed by atoms with Gasteiger partial charge in [0.2, 0.25) is 5.78 Å². The maximum absolute atomic E-state index is 12.7. The number of thiophene rings is 1. The van der Waals surface area contributed by atoms with E-state index < -0.39 is 0 Å². The fourth-order valence-electron chi connectivity index (χ4n) is 2.95. The zero-order valence-corrected chi connectivity index (χ0v) is 17.5. The van der Waals surface area contributed by atoms with E-state index >= 15 is 0 Å². The molecule has 0 amide bonds. The summed E-state index contributed by atoms with van der Waals surface area (Å²) in [6.07, 6.45) is 1.79. The molecule has 1 aliphatic heterocycles. The first-order chi connectivity index (χ1) is 13.9. The summed E-state index contributed by atoms with van der Waals surface area (Å²) in [6.45, 7) is 1.75. The maximum atomic E-state index is 12.7. The maximum Gasteiger partial charge on any atom is 0.316 e. The molecule has 0 spiro atoms. The van der Waals surface area contributed by atoms with Crippen LogP contribution in [0.15, 0.2) is 53.6 Å². The molecule has 0 fully saturated rings. The summed E-state index contributed by atoms with van der Waals surface area (Å²) in [4.78, 5) is 25.8. The predicted molar refractivity (Wildman–Crippen MR) is 114 cm³/mol. The van der Waals surface area contributed by atoms with Gasteiger partial charge in [-0.25, -0.2) is 0 Å². The number of allylic oxidation sites excluding steroid dienone is 1. The minimum atomic E-state index is -0.369. The van der Waals surface area contributed by atoms with Crippen molar-refractivity contribution in [1.29, 1.82) is 0 Å². The summed E-state index contributed by atoms with van der Waals surface area (Å²) >= 11 is 13.5. The fourth-order valence-corrected chi connectivity index (χ4v) is 3.94. The number of hydrogen-bond acceptors (Lipinski definition) is 5. The van der Waals surface area contributed by atoms with Crippen molar-refractivity contribution in [3.8, 4) is 11.5 Å². The van der Waals surface area contributed by atoms with Crippen molar-refractivity contribution in [2.75, 3.05) is 0 Å². The average Bonchev–Trinajstić information content (AvgIpc) is 3.30. The number of esters is 1. The van der Waals surface area contributed by atoms with Crippen LogP contribution in [0.5, 0.6) is 11.5 Å². The highest BCUT2D eigenvalue weighted by atomic mass is 35.5. The molecule has 0 bridgehead atoms. The summed E-state index contributed by atoms with van der Waals surface area (Å²) < 4.78 is 11.3. The molecule has 4 nitrogen and oxygen atoms in total. The van der Waals surface area contributed by atoms with Gasteiger partial charge in [-0.3, -0.25) is 9.59 Å². The summed E-state index contributed by atoms with van der Waals surface area (Å²) in [5.41, 5.74) is 1.70. The standard InChI is InChI=1S/C22H14Cl2O4S/c1-12-18(27-20(25)11-14-3-2-8-29-14)7-5-15-21(26)19(28-22(12)15)10-13-4-6-16(23)17(24)9-13/h2-10H,11H2,1H3/b19-10-. The number of Topliss-reactive ketones (excluding diaryl/α,β-unsaturated/α-hetero) is 1. The van der Waals surface area contributed by atoms with Gasteiger partial charge in [0.15, 0.2) is 5.76 Å². The Bertz CT molecular complexity index is 1150. The number of ether oxygens (including phenoxy) is 2. The van der Waals surface area contributed by atoms with Crippen LogP contribution in [0.4, 0.5) is 0 Å². The molecular formula is C22H14Cl2O4S. The van der Waals surface area contributed by atoms with Gasteiger partial charge < -0.3 is 9.47 Å². The minimum Gasteiger partial charge on any atom is -0.452 e. The van der Waals surface area contributed by atoms with Gasteiger partial charge in [0.1, 0.15) is 11.5 Å². The number of hydrogen-bond donors (Lipinski definition) is 0. The molecule has 146 valence electrons. The predicted octanol–water partition coefficient (Wildman–Crippen LogP) is 6.13. The molecule has 2 heterocycles. The number of rotatable bonds is 4. The third-order valence-corrected chi connectivity index (χ3v) is 6.02. The van der Waals surface area contributed by atoms with Gasteiger partial charge in [-0.05, 0) is 54.3 Å². The van der Waals surface area contributed by atoms with Crippen molar-refractivity contribution in [2.45, 2.75) is 13.3 Å². The van der Waals surface area contributed by atoms with Crippen LogP contribution >= 0.6 is 34.5 Å². The molecule has 0 N–H and O–H groups in total. The van der Waals surface area contributed by atoms with Gasteiger partial charge in [-0.15, -0.1) is 11.3 Å². The van der Waals surface area contributed by atoms with Crippen LogP contribution in [0.25, 0.3) is 6.08 Å². The number of benzene rings is 2. The Labute approximate surface area is 181 Å². The van der Waals surface area contributed by atoms with Crippen LogP contribution in [-0.4, -0.2) is 11.8 Å². The molecule has 0 saturated carbocycles. The van der Waals surface area contributed by atoms with E-state index in [2.05, 4.69) is 0 Å². The van der Waals surface area contributed by atoms with Crippen LogP contribution in [0.1, 0.15) is 26.4 Å². The molecule has 4 rings (SSSR count). The van der Waals surface area contributed by atoms with Crippen LogP contribution in [-0.2, 0) is 11.2 Å². The van der Waals surface area contributed by atoms with E-state index in [1.165, 1.54) is 11.3 Å². The number of carbonyl (C=O) groups is 2. The minimum absolute atomic E-state index is 0.170. The first kappa shape index (κ1) is 19.7. The molecule has 0 unspecified atom stereocenters. The molecule has 3 aromatic rings. The highest BCUT2D eigenvalue weighted by molar-refractivity contribution is 7.10. The molecule has 2 aromatic carbocycles. The summed E-state index contributed by atoms with van der Waals surface area (Å²) in [7, 11) is 0. The lowest BCUT2D eigenvalue weighted by molar-refractivity contribution is -0.133. The number of halogens is 2. The van der Waals surface area contributed by atoms with E-state index in [0.717, 1.165) is 4.88 Å². The Kier molecular flexibility index (Phi) is 5.46. The van der Waals surface area contributed by atoms with Crippen molar-refractivity contribution in [1.82, 2.24) is 0 Å². The second-order valence-corrected chi connectivity index (χ2v) is 8.26. The van der Waals surface area contributed by atoms with Crippen molar-refractivity contribution >= 4 is 52.4 Å². The molecule has 0 radical (unpaired) electrons. The van der Waals surface area contributed by atoms with E-state index in [9.17, 15) is 9.59 Å². The normalized spacial score (nSPS) is 14.0. The van der Waals surface area contributed by atoms with E-state index in [1.54, 1.807) is 43.3 Å². The largest absolute Gasteiger partial charge is 0.452 e. The van der Waals surface area contributed by atoms with E-state index in [-0.39, 0.29) is 23.9 Å². The van der Waals surface area contributed by atoms with Gasteiger partial charge in [0.25, 0.3) is 0 Å². The molecule has 29 heavy (non-hydrogen) atoms. The number of fused-ring (bicyclic) bond motifs is 1. The Morgan fingerprint density at radius 1 is 1.17 bits per heavy atom. The van der Waals surface area contributed by atoms with Crippen molar-refractivity contribution in [3.05, 3.63) is 85.2 Å². The fraction of sp³-hybridized carbons (Fsp3) is 0.0909. The molecule has 0 atom stereocenters. The van der Waals surface area contributed by atoms with Gasteiger partial charge in [0.05, 0.1) is 22.0 Å². The Balaban J connectivity index is 1.57. The summed E-state index contributed by atoms with van der Waals surface area (Å²) in [5, 5.41) is 2.73. The highest BCUT2D eigenvalue weighted by Crippen LogP contribution is 2.39. The first-order valence-corrected chi connectivity index (χ1v) is 10.3. The van der Waals surface area contributed by atoms with Crippen LogP contribution in [0.2, 0.25) is 10.0 Å². The van der Waals surface area contributed by atoms with Gasteiger partial charge in [0, 0.05) is 10.4 Å². The van der Waals surface area contributed by atoms with E-state index in [4.69, 9.17) is 32.7 Å². The summed E-state index contributed by atoms with van der Waals surface area (Å²) in [5.74, 6) is 0.317. The SMILES string of the molecule is Cc1c(OC(=O)Cc2cccs2)ccc2c1O/C(=C\c1ccc(Cl)c(Cl)c1)C2=O. The Hall–Kier alpha value is -2.60. The number of carbonyl (C=O) groups excluding carboxylic acids is 2. The zero-order valence-electron chi connectivity index (χ0n) is 15.2. The third kappa shape index (κ3) is 4.08. The molecule has 1 aliphatic rings. The lowest BCUT2D eigenvalue weighted by Gasteiger charge is -2.09. The second kappa shape index (κ2) is 8.03. The van der Waals surface area contributed by atoms with Crippen molar-refractivity contribution in [3.63, 3.8) is 0 Å². The number of ketones is 1. The van der Waals surface area contributed by atoms with E-state index in [0.29, 0.717) is 38.2 Å². The molecule has 1 aromatic heterocycles. The van der Waals surface area contributed by atoms with Crippen LogP contribution < -0.4 is 9.47 Å². The van der Waals surface area contributed by atoms with Gasteiger partial charge >= 0.3 is 5.97 Å². The smallest absolute Gasteiger partial charge is 0.316 e. The quantitative estimate of drug-likeness (QED) is 0.276. The highest BCUT2D eigenvalue weighted by Gasteiger charge is 2.30. The average molecular weight is 445 g/mol.